The van der Waals surface area contributed by atoms with Crippen LogP contribution in [0.15, 0.2) is 0 Å². The fourth-order valence-corrected chi connectivity index (χ4v) is 12.2. The van der Waals surface area contributed by atoms with Crippen molar-refractivity contribution in [1.82, 2.24) is 5.32 Å². The van der Waals surface area contributed by atoms with Crippen LogP contribution in [0.3, 0.4) is 0 Å². The zero-order valence-corrected chi connectivity index (χ0v) is 31.2. The predicted octanol–water partition coefficient (Wildman–Crippen LogP) is 6.47. The Bertz CT molecular complexity index is 473. The molecule has 0 aliphatic carbocycles. The number of hydrogen-bond donors (Lipinski definition) is 1. The minimum Gasteiger partial charge on any atom is -0.373 e. The third-order valence-corrected chi connectivity index (χ3v) is 15.3. The molecule has 0 aromatic rings. The normalized spacial score (nSPS) is 20.4. The van der Waals surface area contributed by atoms with Crippen LogP contribution in [0.4, 0.5) is 0 Å². The SMILES string of the molecule is CCC(C)O[Si](OC(C)CC)(OC(C)CC)O[SiH](C)O[Si](OC(C)CC)(OC(C)CC)OC(C)CC.CNC. The Kier molecular flexibility index (Phi) is 24.3. The average Bonchev–Trinajstić information content (AvgIpc) is 2.87. The highest BCUT2D eigenvalue weighted by Gasteiger charge is 2.55. The molecule has 0 amide bonds. The molecule has 0 aromatic heterocycles. The molecule has 0 bridgehead atoms. The summed E-state index contributed by atoms with van der Waals surface area (Å²) in [6.45, 7) is 26.5. The summed E-state index contributed by atoms with van der Waals surface area (Å²) in [5.41, 5.74) is 0. The standard InChI is InChI=1S/C25H58O8Si3.C2H7N/c1-14-20(7)26-35(27-21(8)15-2,28-22(9)16-3)32-34(13)33-36(29-23(10)17-4,30-24(11)18-5)31-25(12)19-6;1-3-2/h20-25,34H,14-19H2,1-13H3;3H,1-2H3. The van der Waals surface area contributed by atoms with Gasteiger partial charge < -0.3 is 40.1 Å². The first-order chi connectivity index (χ1) is 18.2. The van der Waals surface area contributed by atoms with E-state index in [-0.39, 0.29) is 36.6 Å². The molecule has 0 rings (SSSR count). The van der Waals surface area contributed by atoms with Crippen molar-refractivity contribution in [2.24, 2.45) is 0 Å². The maximum absolute atomic E-state index is 6.64. The van der Waals surface area contributed by atoms with Gasteiger partial charge in [-0.05, 0) is 101 Å². The summed E-state index contributed by atoms with van der Waals surface area (Å²) in [6.07, 6.45) is 4.36. The van der Waals surface area contributed by atoms with Crippen LogP contribution in [-0.2, 0) is 34.8 Å². The molecule has 238 valence electrons. The van der Waals surface area contributed by atoms with Crippen molar-refractivity contribution in [3.8, 4) is 0 Å². The zero-order chi connectivity index (χ0) is 30.6. The van der Waals surface area contributed by atoms with Gasteiger partial charge in [-0.3, -0.25) is 0 Å². The molecule has 0 aliphatic heterocycles. The second-order valence-electron chi connectivity index (χ2n) is 10.3. The molecule has 0 aliphatic rings. The van der Waals surface area contributed by atoms with Gasteiger partial charge in [-0.2, -0.15) is 0 Å². The van der Waals surface area contributed by atoms with Gasteiger partial charge in [0, 0.05) is 36.6 Å². The summed E-state index contributed by atoms with van der Waals surface area (Å²) >= 11 is 0. The molecule has 12 heteroatoms. The lowest BCUT2D eigenvalue weighted by molar-refractivity contribution is -0.0752. The van der Waals surface area contributed by atoms with Gasteiger partial charge in [0.05, 0.1) is 0 Å². The Balaban J connectivity index is 0. The number of rotatable bonds is 22. The zero-order valence-electron chi connectivity index (χ0n) is 28.1. The molecule has 1 N–H and O–H groups in total. The Morgan fingerprint density at radius 2 is 0.615 bits per heavy atom. The molecule has 0 aromatic carbocycles. The summed E-state index contributed by atoms with van der Waals surface area (Å²) in [7, 11) is -5.87. The Labute approximate surface area is 246 Å². The minimum absolute atomic E-state index is 0.0860. The first kappa shape index (κ1) is 41.4. The molecule has 39 heavy (non-hydrogen) atoms. The molecule has 0 radical (unpaired) electrons. The van der Waals surface area contributed by atoms with Crippen LogP contribution >= 0.6 is 0 Å². The van der Waals surface area contributed by atoms with Crippen molar-refractivity contribution < 1.29 is 34.8 Å². The molecular weight excluding hydrogens is 551 g/mol. The van der Waals surface area contributed by atoms with E-state index in [4.69, 9.17) is 34.8 Å². The van der Waals surface area contributed by atoms with Crippen LogP contribution in [0.1, 0.15) is 122 Å². The monoisotopic (exact) mass is 615 g/mol. The van der Waals surface area contributed by atoms with E-state index in [1.54, 1.807) is 0 Å². The fourth-order valence-electron chi connectivity index (χ4n) is 2.74. The Morgan fingerprint density at radius 3 is 0.744 bits per heavy atom. The molecule has 0 saturated carbocycles. The van der Waals surface area contributed by atoms with Gasteiger partial charge in [0.1, 0.15) is 0 Å². The van der Waals surface area contributed by atoms with Crippen molar-refractivity contribution in [2.75, 3.05) is 14.1 Å². The van der Waals surface area contributed by atoms with Gasteiger partial charge >= 0.3 is 27.4 Å². The summed E-state index contributed by atoms with van der Waals surface area (Å²) in [4.78, 5) is 0. The fraction of sp³-hybridized carbons (Fsp3) is 1.00. The van der Waals surface area contributed by atoms with Gasteiger partial charge in [-0.15, -0.1) is 0 Å². The van der Waals surface area contributed by atoms with Crippen LogP contribution in [0.5, 0.6) is 0 Å². The van der Waals surface area contributed by atoms with Crippen molar-refractivity contribution in [3.63, 3.8) is 0 Å². The maximum Gasteiger partial charge on any atom is 0.671 e. The van der Waals surface area contributed by atoms with E-state index in [1.807, 2.05) is 62.2 Å². The molecule has 0 heterocycles. The molecule has 0 spiro atoms. The smallest absolute Gasteiger partial charge is 0.373 e. The number of nitrogens with one attached hydrogen (secondary N) is 1. The first-order valence-electron chi connectivity index (χ1n) is 15.3. The molecule has 6 unspecified atom stereocenters. The van der Waals surface area contributed by atoms with E-state index in [0.29, 0.717) is 0 Å². The molecule has 6 atom stereocenters. The van der Waals surface area contributed by atoms with E-state index in [9.17, 15) is 0 Å². The summed E-state index contributed by atoms with van der Waals surface area (Å²) < 4.78 is 51.9. The third-order valence-electron chi connectivity index (χ3n) is 6.14. The molecular formula is C27H65NO8Si3. The molecule has 0 fully saturated rings. The van der Waals surface area contributed by atoms with Crippen molar-refractivity contribution >= 4 is 27.4 Å². The first-order valence-corrected chi connectivity index (χ1v) is 20.6. The second kappa shape index (κ2) is 22.8. The average molecular weight is 616 g/mol. The summed E-state index contributed by atoms with van der Waals surface area (Å²) in [5.74, 6) is 0. The van der Waals surface area contributed by atoms with E-state index in [0.717, 1.165) is 38.5 Å². The Morgan fingerprint density at radius 1 is 0.462 bits per heavy atom. The largest absolute Gasteiger partial charge is 0.671 e. The highest BCUT2D eigenvalue weighted by Crippen LogP contribution is 2.27. The Hall–Kier alpha value is 0.291. The lowest BCUT2D eigenvalue weighted by Crippen LogP contribution is -2.61. The number of hydrogen-bond acceptors (Lipinski definition) is 9. The quantitative estimate of drug-likeness (QED) is 0.138. The highest BCUT2D eigenvalue weighted by atomic mass is 28.5. The summed E-state index contributed by atoms with van der Waals surface area (Å²) in [6, 6.07) is 0. The minimum atomic E-state index is -3.56. The van der Waals surface area contributed by atoms with Crippen LogP contribution < -0.4 is 5.32 Å². The lowest BCUT2D eigenvalue weighted by Gasteiger charge is -2.39. The highest BCUT2D eigenvalue weighted by molar-refractivity contribution is 6.70. The lowest BCUT2D eigenvalue weighted by atomic mass is 10.3. The van der Waals surface area contributed by atoms with Gasteiger partial charge in [0.25, 0.3) is 0 Å². The second-order valence-corrected chi connectivity index (χ2v) is 16.8. The van der Waals surface area contributed by atoms with Crippen LogP contribution in [0.2, 0.25) is 6.55 Å². The van der Waals surface area contributed by atoms with Gasteiger partial charge in [0.15, 0.2) is 0 Å². The van der Waals surface area contributed by atoms with Crippen molar-refractivity contribution in [3.05, 3.63) is 0 Å². The third kappa shape index (κ3) is 18.4. The van der Waals surface area contributed by atoms with E-state index < -0.39 is 27.4 Å². The van der Waals surface area contributed by atoms with Crippen LogP contribution in [0.25, 0.3) is 0 Å². The van der Waals surface area contributed by atoms with E-state index in [1.165, 1.54) is 0 Å². The van der Waals surface area contributed by atoms with E-state index >= 15 is 0 Å². The topological polar surface area (TPSA) is 85.9 Å². The van der Waals surface area contributed by atoms with Crippen LogP contribution in [-0.4, -0.2) is 78.1 Å². The van der Waals surface area contributed by atoms with Crippen LogP contribution in [0, 0.1) is 0 Å². The van der Waals surface area contributed by atoms with Gasteiger partial charge in [-0.25, -0.2) is 0 Å². The molecule has 0 saturated heterocycles. The van der Waals surface area contributed by atoms with Crippen molar-refractivity contribution in [2.45, 2.75) is 165 Å². The molecule has 9 nitrogen and oxygen atoms in total. The predicted molar refractivity (Wildman–Crippen MR) is 167 cm³/mol. The van der Waals surface area contributed by atoms with Gasteiger partial charge in [0.2, 0.25) is 0 Å². The summed E-state index contributed by atoms with van der Waals surface area (Å²) in [5, 5.41) is 2.75. The van der Waals surface area contributed by atoms with Crippen molar-refractivity contribution in [1.29, 1.82) is 0 Å². The maximum atomic E-state index is 6.64. The van der Waals surface area contributed by atoms with Gasteiger partial charge in [-0.1, -0.05) is 41.5 Å². The van der Waals surface area contributed by atoms with E-state index in [2.05, 4.69) is 46.9 Å².